The number of hydrogen-bond donors (Lipinski definition) is 2. The van der Waals surface area contributed by atoms with Gasteiger partial charge in [0.25, 0.3) is 0 Å². The fourth-order valence-corrected chi connectivity index (χ4v) is 4.26. The summed E-state index contributed by atoms with van der Waals surface area (Å²) < 4.78 is 6.03. The minimum Gasteiger partial charge on any atom is -0.462 e. The number of carbonyl (C=O) groups is 2. The number of thiophene rings is 1. The highest BCUT2D eigenvalue weighted by atomic mass is 35.5. The fraction of sp³-hybridized carbons (Fsp3) is 0.444. The van der Waals surface area contributed by atoms with Gasteiger partial charge in [-0.2, -0.15) is 0 Å². The van der Waals surface area contributed by atoms with E-state index < -0.39 is 0 Å². The van der Waals surface area contributed by atoms with Crippen LogP contribution in [0, 0.1) is 11.8 Å². The molecule has 1 aromatic carbocycles. The second-order valence-electron chi connectivity index (χ2n) is 6.11. The highest BCUT2D eigenvalue weighted by Crippen LogP contribution is 2.33. The molecule has 3 rings (SSSR count). The summed E-state index contributed by atoms with van der Waals surface area (Å²) in [6.07, 6.45) is 2.99. The normalized spacial score (nSPS) is 19.4. The summed E-state index contributed by atoms with van der Waals surface area (Å²) in [5, 5.41) is 3.93. The number of anilines is 1. The molecule has 1 aromatic heterocycles. The third kappa shape index (κ3) is 4.32. The van der Waals surface area contributed by atoms with Crippen LogP contribution in [0.1, 0.15) is 35.9 Å². The van der Waals surface area contributed by atoms with Crippen LogP contribution >= 0.6 is 23.7 Å². The molecule has 0 spiro atoms. The molecule has 0 saturated heterocycles. The lowest BCUT2D eigenvalue weighted by Gasteiger charge is -2.17. The third-order valence-corrected chi connectivity index (χ3v) is 5.66. The number of rotatable bonds is 5. The van der Waals surface area contributed by atoms with Gasteiger partial charge in [0.2, 0.25) is 5.91 Å². The smallest absolute Gasteiger partial charge is 0.348 e. The molecule has 0 unspecified atom stereocenters. The van der Waals surface area contributed by atoms with Gasteiger partial charge in [-0.15, -0.1) is 23.7 Å². The number of nitrogens with two attached hydrogens (primary N) is 1. The summed E-state index contributed by atoms with van der Waals surface area (Å²) in [4.78, 5) is 24.9. The quantitative estimate of drug-likeness (QED) is 0.770. The van der Waals surface area contributed by atoms with Gasteiger partial charge in [0, 0.05) is 16.3 Å². The van der Waals surface area contributed by atoms with Gasteiger partial charge in [-0.1, -0.05) is 6.42 Å². The number of fused-ring (bicyclic) bond motifs is 1. The summed E-state index contributed by atoms with van der Waals surface area (Å²) in [6.45, 7) is 2.71. The Labute approximate surface area is 157 Å². The molecule has 25 heavy (non-hydrogen) atoms. The first-order valence-corrected chi connectivity index (χ1v) is 9.15. The minimum atomic E-state index is -0.305. The van der Waals surface area contributed by atoms with Crippen LogP contribution in [0.2, 0.25) is 0 Å². The van der Waals surface area contributed by atoms with E-state index in [4.69, 9.17) is 10.5 Å². The zero-order valence-electron chi connectivity index (χ0n) is 14.1. The summed E-state index contributed by atoms with van der Waals surface area (Å²) in [6, 6.07) is 7.51. The van der Waals surface area contributed by atoms with Gasteiger partial charge in [-0.05, 0) is 61.9 Å². The lowest BCUT2D eigenvalue weighted by Crippen LogP contribution is -2.29. The minimum absolute atomic E-state index is 0. The van der Waals surface area contributed by atoms with Crippen molar-refractivity contribution < 1.29 is 14.3 Å². The number of halogens is 1. The molecule has 1 heterocycles. The van der Waals surface area contributed by atoms with Crippen LogP contribution in [0.15, 0.2) is 24.3 Å². The zero-order chi connectivity index (χ0) is 17.1. The maximum Gasteiger partial charge on any atom is 0.348 e. The lowest BCUT2D eigenvalue weighted by molar-refractivity contribution is -0.120. The van der Waals surface area contributed by atoms with Crippen LogP contribution < -0.4 is 11.1 Å². The maximum absolute atomic E-state index is 12.5. The second-order valence-corrected chi connectivity index (χ2v) is 7.19. The van der Waals surface area contributed by atoms with E-state index in [-0.39, 0.29) is 36.1 Å². The Hall–Kier alpha value is -1.63. The van der Waals surface area contributed by atoms with Crippen molar-refractivity contribution in [3.05, 3.63) is 29.1 Å². The molecule has 136 valence electrons. The fourth-order valence-electron chi connectivity index (χ4n) is 3.32. The van der Waals surface area contributed by atoms with Gasteiger partial charge in [-0.3, -0.25) is 4.79 Å². The molecule has 1 saturated carbocycles. The van der Waals surface area contributed by atoms with E-state index in [0.29, 0.717) is 18.0 Å². The number of esters is 1. The van der Waals surface area contributed by atoms with Crippen LogP contribution in [-0.2, 0) is 9.53 Å². The van der Waals surface area contributed by atoms with E-state index in [0.717, 1.165) is 35.0 Å². The summed E-state index contributed by atoms with van der Waals surface area (Å²) in [7, 11) is 0. The molecular weight excluding hydrogens is 360 g/mol. The van der Waals surface area contributed by atoms with Crippen molar-refractivity contribution >= 4 is 51.4 Å². The third-order valence-electron chi connectivity index (χ3n) is 4.56. The number of hydrogen-bond acceptors (Lipinski definition) is 5. The maximum atomic E-state index is 12.5. The van der Waals surface area contributed by atoms with E-state index in [9.17, 15) is 9.59 Å². The van der Waals surface area contributed by atoms with Crippen molar-refractivity contribution in [1.29, 1.82) is 0 Å². The van der Waals surface area contributed by atoms with E-state index in [1.165, 1.54) is 11.3 Å². The molecule has 2 aromatic rings. The Bertz CT molecular complexity index is 762. The van der Waals surface area contributed by atoms with Crippen molar-refractivity contribution in [2.45, 2.75) is 26.2 Å². The molecule has 3 N–H and O–H groups in total. The van der Waals surface area contributed by atoms with Crippen LogP contribution in [0.5, 0.6) is 0 Å². The lowest BCUT2D eigenvalue weighted by atomic mass is 9.95. The monoisotopic (exact) mass is 382 g/mol. The summed E-state index contributed by atoms with van der Waals surface area (Å²) in [5.41, 5.74) is 6.52. The SMILES string of the molecule is CCOC(=O)c1cc2cc(NC(=O)[C@@H]3CCC[C@@H]3CN)ccc2s1.Cl. The first-order valence-electron chi connectivity index (χ1n) is 8.34. The first kappa shape index (κ1) is 19.7. The Morgan fingerprint density at radius 3 is 2.84 bits per heavy atom. The molecule has 1 fully saturated rings. The van der Waals surface area contributed by atoms with Gasteiger partial charge < -0.3 is 15.8 Å². The Morgan fingerprint density at radius 1 is 1.32 bits per heavy atom. The van der Waals surface area contributed by atoms with Gasteiger partial charge in [0.15, 0.2) is 0 Å². The molecular formula is C18H23ClN2O3S. The molecule has 0 aliphatic heterocycles. The van der Waals surface area contributed by atoms with Gasteiger partial charge in [0.1, 0.15) is 4.88 Å². The second kappa shape index (κ2) is 8.65. The average Bonchev–Trinajstić information content (AvgIpc) is 3.21. The van der Waals surface area contributed by atoms with Crippen LogP contribution in [-0.4, -0.2) is 25.0 Å². The Kier molecular flexibility index (Phi) is 6.81. The van der Waals surface area contributed by atoms with Crippen LogP contribution in [0.4, 0.5) is 5.69 Å². The number of carbonyl (C=O) groups excluding carboxylic acids is 2. The van der Waals surface area contributed by atoms with Crippen molar-refractivity contribution in [3.63, 3.8) is 0 Å². The Balaban J connectivity index is 0.00000225. The summed E-state index contributed by atoms with van der Waals surface area (Å²) in [5.74, 6) is 0.0257. The average molecular weight is 383 g/mol. The standard InChI is InChI=1S/C18H22N2O3S.ClH/c1-2-23-18(22)16-9-12-8-13(6-7-15(12)24-16)20-17(21)14-5-3-4-11(14)10-19;/h6-9,11,14H,2-5,10,19H2,1H3,(H,20,21);1H/t11-,14-;/m1./s1. The molecule has 0 radical (unpaired) electrons. The van der Waals surface area contributed by atoms with E-state index >= 15 is 0 Å². The number of benzene rings is 1. The van der Waals surface area contributed by atoms with Gasteiger partial charge in [-0.25, -0.2) is 4.79 Å². The highest BCUT2D eigenvalue weighted by Gasteiger charge is 2.31. The van der Waals surface area contributed by atoms with E-state index in [1.807, 2.05) is 24.3 Å². The predicted octanol–water partition coefficient (Wildman–Crippen LogP) is 3.81. The summed E-state index contributed by atoms with van der Waals surface area (Å²) >= 11 is 1.40. The molecule has 1 aliphatic rings. The molecule has 1 aliphatic carbocycles. The number of ether oxygens (including phenoxy) is 1. The molecule has 2 atom stereocenters. The molecule has 1 amide bonds. The van der Waals surface area contributed by atoms with Crippen LogP contribution in [0.25, 0.3) is 10.1 Å². The topological polar surface area (TPSA) is 81.4 Å². The van der Waals surface area contributed by atoms with E-state index in [2.05, 4.69) is 5.32 Å². The van der Waals surface area contributed by atoms with Crippen molar-refractivity contribution in [3.8, 4) is 0 Å². The van der Waals surface area contributed by atoms with Crippen molar-refractivity contribution in [1.82, 2.24) is 0 Å². The van der Waals surface area contributed by atoms with Crippen molar-refractivity contribution in [2.24, 2.45) is 17.6 Å². The van der Waals surface area contributed by atoms with Gasteiger partial charge >= 0.3 is 5.97 Å². The van der Waals surface area contributed by atoms with Crippen LogP contribution in [0.3, 0.4) is 0 Å². The Morgan fingerprint density at radius 2 is 2.12 bits per heavy atom. The first-order chi connectivity index (χ1) is 11.6. The predicted molar refractivity (Wildman–Crippen MR) is 104 cm³/mol. The van der Waals surface area contributed by atoms with Gasteiger partial charge in [0.05, 0.1) is 6.61 Å². The highest BCUT2D eigenvalue weighted by molar-refractivity contribution is 7.20. The molecule has 7 heteroatoms. The number of amides is 1. The zero-order valence-corrected chi connectivity index (χ0v) is 15.8. The largest absolute Gasteiger partial charge is 0.462 e. The number of nitrogens with one attached hydrogen (secondary N) is 1. The van der Waals surface area contributed by atoms with E-state index in [1.54, 1.807) is 6.92 Å². The molecule has 0 bridgehead atoms. The van der Waals surface area contributed by atoms with Crippen molar-refractivity contribution in [2.75, 3.05) is 18.5 Å². The molecule has 5 nitrogen and oxygen atoms in total.